The van der Waals surface area contributed by atoms with Crippen LogP contribution in [0.1, 0.15) is 33.1 Å². The van der Waals surface area contributed by atoms with Crippen LogP contribution in [0.5, 0.6) is 0 Å². The van der Waals surface area contributed by atoms with Gasteiger partial charge in [0, 0.05) is 12.0 Å². The fourth-order valence-electron chi connectivity index (χ4n) is 1.43. The van der Waals surface area contributed by atoms with Gasteiger partial charge in [-0.2, -0.15) is 0 Å². The highest BCUT2D eigenvalue weighted by Gasteiger charge is 2.19. The van der Waals surface area contributed by atoms with Gasteiger partial charge in [-0.1, -0.05) is 13.8 Å². The smallest absolute Gasteiger partial charge is 0.127 e. The van der Waals surface area contributed by atoms with Crippen molar-refractivity contribution in [3.63, 3.8) is 0 Å². The summed E-state index contributed by atoms with van der Waals surface area (Å²) in [7, 11) is 0. The van der Waals surface area contributed by atoms with Crippen molar-refractivity contribution in [3.05, 3.63) is 0 Å². The van der Waals surface area contributed by atoms with Crippen LogP contribution in [0.2, 0.25) is 0 Å². The molecule has 0 radical (unpaired) electrons. The Morgan fingerprint density at radius 1 is 1.50 bits per heavy atom. The van der Waals surface area contributed by atoms with Gasteiger partial charge in [0.2, 0.25) is 0 Å². The minimum atomic E-state index is -0.366. The summed E-state index contributed by atoms with van der Waals surface area (Å²) >= 11 is 0. The second-order valence-electron chi connectivity index (χ2n) is 4.61. The average Bonchev–Trinajstić information content (AvgIpc) is 2.19. The first kappa shape index (κ1) is 11.7. The lowest BCUT2D eigenvalue weighted by molar-refractivity contribution is -0.119. The van der Waals surface area contributed by atoms with Crippen LogP contribution in [0.25, 0.3) is 0 Å². The van der Waals surface area contributed by atoms with Gasteiger partial charge in [-0.15, -0.1) is 0 Å². The molecular formula is C11H20O3. The van der Waals surface area contributed by atoms with Crippen molar-refractivity contribution in [1.29, 1.82) is 0 Å². The second-order valence-corrected chi connectivity index (χ2v) is 4.61. The summed E-state index contributed by atoms with van der Waals surface area (Å²) in [5.74, 6) is 0. The maximum atomic E-state index is 10.6. The molecule has 3 nitrogen and oxygen atoms in total. The third-order valence-corrected chi connectivity index (χ3v) is 2.37. The Morgan fingerprint density at radius 3 is 2.86 bits per heavy atom. The summed E-state index contributed by atoms with van der Waals surface area (Å²) in [6.07, 6.45) is 4.66. The molecule has 0 aliphatic carbocycles. The van der Waals surface area contributed by atoms with Crippen LogP contribution < -0.4 is 0 Å². The van der Waals surface area contributed by atoms with E-state index in [4.69, 9.17) is 9.47 Å². The minimum absolute atomic E-state index is 0.242. The number of hydrogen-bond donors (Lipinski definition) is 0. The first-order valence-electron chi connectivity index (χ1n) is 5.30. The fourth-order valence-corrected chi connectivity index (χ4v) is 1.43. The lowest BCUT2D eigenvalue weighted by Gasteiger charge is -2.24. The predicted octanol–water partition coefficient (Wildman–Crippen LogP) is 1.80. The molecule has 1 aliphatic rings. The Morgan fingerprint density at radius 2 is 2.29 bits per heavy atom. The summed E-state index contributed by atoms with van der Waals surface area (Å²) in [5, 5.41) is 0. The van der Waals surface area contributed by atoms with Crippen molar-refractivity contribution in [2.45, 2.75) is 39.2 Å². The van der Waals surface area contributed by atoms with E-state index in [0.29, 0.717) is 13.2 Å². The molecule has 1 aliphatic heterocycles. The molecule has 1 rings (SSSR count). The van der Waals surface area contributed by atoms with Crippen LogP contribution in [0.3, 0.4) is 0 Å². The summed E-state index contributed by atoms with van der Waals surface area (Å²) in [5.41, 5.74) is -0.366. The van der Waals surface area contributed by atoms with Gasteiger partial charge in [-0.25, -0.2) is 0 Å². The van der Waals surface area contributed by atoms with Crippen molar-refractivity contribution in [2.75, 3.05) is 19.8 Å². The third kappa shape index (κ3) is 4.20. The largest absolute Gasteiger partial charge is 0.378 e. The van der Waals surface area contributed by atoms with Gasteiger partial charge in [0.1, 0.15) is 6.29 Å². The van der Waals surface area contributed by atoms with Crippen molar-refractivity contribution in [2.24, 2.45) is 5.41 Å². The van der Waals surface area contributed by atoms with Crippen LogP contribution in [-0.2, 0) is 14.3 Å². The van der Waals surface area contributed by atoms with E-state index in [9.17, 15) is 4.79 Å². The molecule has 0 bridgehead atoms. The Kier molecular flexibility index (Phi) is 4.55. The Hall–Kier alpha value is -0.410. The molecule has 3 heteroatoms. The van der Waals surface area contributed by atoms with Gasteiger partial charge >= 0.3 is 0 Å². The highest BCUT2D eigenvalue weighted by atomic mass is 16.5. The standard InChI is InChI=1S/C11H20O3/c1-11(2,8-12)9-13-7-10-5-3-4-6-14-10/h8,10H,3-7,9H2,1-2H3. The van der Waals surface area contributed by atoms with Gasteiger partial charge in [-0.3, -0.25) is 0 Å². The lowest BCUT2D eigenvalue weighted by Crippen LogP contribution is -2.28. The Bertz CT molecular complexity index is 171. The van der Waals surface area contributed by atoms with Crippen LogP contribution in [0.15, 0.2) is 0 Å². The SMILES string of the molecule is CC(C)(C=O)COCC1CCCCO1. The van der Waals surface area contributed by atoms with Gasteiger partial charge < -0.3 is 14.3 Å². The van der Waals surface area contributed by atoms with Gasteiger partial charge in [0.15, 0.2) is 0 Å². The summed E-state index contributed by atoms with van der Waals surface area (Å²) in [6, 6.07) is 0. The van der Waals surface area contributed by atoms with E-state index in [1.165, 1.54) is 6.42 Å². The number of hydrogen-bond acceptors (Lipinski definition) is 3. The molecule has 0 N–H and O–H groups in total. The first-order chi connectivity index (χ1) is 6.64. The number of carbonyl (C=O) groups is 1. The molecule has 0 aromatic rings. The molecule has 1 atom stereocenters. The van der Waals surface area contributed by atoms with Crippen molar-refractivity contribution in [1.82, 2.24) is 0 Å². The first-order valence-corrected chi connectivity index (χ1v) is 5.30. The summed E-state index contributed by atoms with van der Waals surface area (Å²) in [4.78, 5) is 10.6. The van der Waals surface area contributed by atoms with Crippen molar-refractivity contribution >= 4 is 6.29 Å². The molecule has 1 heterocycles. The van der Waals surface area contributed by atoms with Crippen LogP contribution in [-0.4, -0.2) is 32.2 Å². The zero-order chi connectivity index (χ0) is 10.4. The highest BCUT2D eigenvalue weighted by molar-refractivity contribution is 5.57. The normalized spacial score (nSPS) is 23.4. The summed E-state index contributed by atoms with van der Waals surface area (Å²) in [6.45, 7) is 5.71. The topological polar surface area (TPSA) is 35.5 Å². The minimum Gasteiger partial charge on any atom is -0.378 e. The molecule has 0 spiro atoms. The van der Waals surface area contributed by atoms with Crippen molar-refractivity contribution < 1.29 is 14.3 Å². The van der Waals surface area contributed by atoms with Crippen molar-refractivity contribution in [3.8, 4) is 0 Å². The molecule has 1 saturated heterocycles. The molecule has 1 fully saturated rings. The highest BCUT2D eigenvalue weighted by Crippen LogP contribution is 2.15. The summed E-state index contributed by atoms with van der Waals surface area (Å²) < 4.78 is 11.0. The van der Waals surface area contributed by atoms with E-state index in [1.807, 2.05) is 13.8 Å². The van der Waals surface area contributed by atoms with E-state index in [-0.39, 0.29) is 11.5 Å². The van der Waals surface area contributed by atoms with E-state index in [2.05, 4.69) is 0 Å². The molecular weight excluding hydrogens is 180 g/mol. The maximum absolute atomic E-state index is 10.6. The fraction of sp³-hybridized carbons (Fsp3) is 0.909. The monoisotopic (exact) mass is 200 g/mol. The molecule has 0 saturated carbocycles. The van der Waals surface area contributed by atoms with Crippen LogP contribution in [0.4, 0.5) is 0 Å². The zero-order valence-electron chi connectivity index (χ0n) is 9.12. The molecule has 0 aromatic carbocycles. The molecule has 1 unspecified atom stereocenters. The van der Waals surface area contributed by atoms with E-state index >= 15 is 0 Å². The number of ether oxygens (including phenoxy) is 2. The Balaban J connectivity index is 2.11. The van der Waals surface area contributed by atoms with Gasteiger partial charge in [0.25, 0.3) is 0 Å². The Labute approximate surface area is 85.8 Å². The lowest BCUT2D eigenvalue weighted by atomic mass is 9.98. The van der Waals surface area contributed by atoms with Gasteiger partial charge in [-0.05, 0) is 19.3 Å². The number of rotatable bonds is 5. The quantitative estimate of drug-likeness (QED) is 0.635. The van der Waals surface area contributed by atoms with Gasteiger partial charge in [0.05, 0.1) is 19.3 Å². The predicted molar refractivity (Wildman–Crippen MR) is 54.3 cm³/mol. The number of aldehydes is 1. The third-order valence-electron chi connectivity index (χ3n) is 2.37. The van der Waals surface area contributed by atoms with E-state index in [0.717, 1.165) is 25.7 Å². The number of carbonyl (C=O) groups excluding carboxylic acids is 1. The van der Waals surface area contributed by atoms with E-state index < -0.39 is 0 Å². The zero-order valence-corrected chi connectivity index (χ0v) is 9.12. The van der Waals surface area contributed by atoms with E-state index in [1.54, 1.807) is 0 Å². The second kappa shape index (κ2) is 5.47. The van der Waals surface area contributed by atoms with Crippen LogP contribution >= 0.6 is 0 Å². The maximum Gasteiger partial charge on any atom is 0.127 e. The molecule has 0 aromatic heterocycles. The molecule has 82 valence electrons. The average molecular weight is 200 g/mol. The molecule has 0 amide bonds. The molecule has 14 heavy (non-hydrogen) atoms. The van der Waals surface area contributed by atoms with Crippen LogP contribution in [0, 0.1) is 5.41 Å².